The van der Waals surface area contributed by atoms with Gasteiger partial charge in [0, 0.05) is 6.04 Å². The molecule has 1 aliphatic carbocycles. The van der Waals surface area contributed by atoms with Gasteiger partial charge in [-0.3, -0.25) is 0 Å². The molecule has 94 valence electrons. The van der Waals surface area contributed by atoms with E-state index in [1.165, 1.54) is 30.4 Å². The molecule has 1 saturated carbocycles. The molecular weight excluding hydrogens is 206 g/mol. The van der Waals surface area contributed by atoms with Gasteiger partial charge in [-0.05, 0) is 41.7 Å². The largest absolute Gasteiger partial charge is 0.324 e. The summed E-state index contributed by atoms with van der Waals surface area (Å²) >= 11 is 0. The van der Waals surface area contributed by atoms with Gasteiger partial charge in [-0.25, -0.2) is 0 Å². The Bertz CT molecular complexity index is 352. The van der Waals surface area contributed by atoms with Gasteiger partial charge in [-0.2, -0.15) is 0 Å². The van der Waals surface area contributed by atoms with Gasteiger partial charge >= 0.3 is 0 Å². The van der Waals surface area contributed by atoms with Gasteiger partial charge < -0.3 is 5.73 Å². The number of rotatable bonds is 3. The quantitative estimate of drug-likeness (QED) is 0.827. The minimum absolute atomic E-state index is 0.237. The zero-order chi connectivity index (χ0) is 12.4. The molecule has 1 aliphatic rings. The molecule has 1 fully saturated rings. The van der Waals surface area contributed by atoms with Crippen LogP contribution in [0.2, 0.25) is 0 Å². The molecule has 0 aliphatic heterocycles. The maximum Gasteiger partial charge on any atom is 0.0323 e. The van der Waals surface area contributed by atoms with E-state index in [4.69, 9.17) is 5.73 Å². The van der Waals surface area contributed by atoms with Crippen LogP contribution in [0, 0.1) is 11.8 Å². The first-order valence-electron chi connectivity index (χ1n) is 6.93. The normalized spacial score (nSPS) is 26.4. The minimum Gasteiger partial charge on any atom is -0.324 e. The number of nitrogens with two attached hydrogens (primary N) is 1. The Hall–Kier alpha value is -0.820. The van der Waals surface area contributed by atoms with Crippen molar-refractivity contribution in [2.24, 2.45) is 17.6 Å². The second kappa shape index (κ2) is 5.22. The SMILES string of the molecule is CC1CCC(C(N)c2ccc(C(C)C)cc2)C1. The monoisotopic (exact) mass is 231 g/mol. The predicted molar refractivity (Wildman–Crippen MR) is 74.0 cm³/mol. The standard InChI is InChI=1S/C16H25N/c1-11(2)13-6-8-14(9-7-13)16(17)15-5-4-12(3)10-15/h6-9,11-12,15-16H,4-5,10,17H2,1-3H3. The Morgan fingerprint density at radius 2 is 1.65 bits per heavy atom. The first-order chi connectivity index (χ1) is 8.08. The maximum absolute atomic E-state index is 6.39. The van der Waals surface area contributed by atoms with E-state index in [2.05, 4.69) is 45.0 Å². The first-order valence-corrected chi connectivity index (χ1v) is 6.93. The molecule has 2 N–H and O–H groups in total. The van der Waals surface area contributed by atoms with Gasteiger partial charge in [0.1, 0.15) is 0 Å². The lowest BCUT2D eigenvalue weighted by Crippen LogP contribution is -2.19. The topological polar surface area (TPSA) is 26.0 Å². The van der Waals surface area contributed by atoms with Crippen molar-refractivity contribution in [3.05, 3.63) is 35.4 Å². The van der Waals surface area contributed by atoms with Crippen LogP contribution >= 0.6 is 0 Å². The van der Waals surface area contributed by atoms with E-state index in [9.17, 15) is 0 Å². The molecule has 0 spiro atoms. The molecule has 1 nitrogen and oxygen atoms in total. The second-order valence-corrected chi connectivity index (χ2v) is 6.03. The molecule has 1 heteroatoms. The minimum atomic E-state index is 0.237. The Morgan fingerprint density at radius 3 is 2.12 bits per heavy atom. The van der Waals surface area contributed by atoms with Crippen molar-refractivity contribution in [3.63, 3.8) is 0 Å². The fourth-order valence-electron chi connectivity index (χ4n) is 2.95. The maximum atomic E-state index is 6.39. The molecule has 0 heterocycles. The molecule has 0 amide bonds. The van der Waals surface area contributed by atoms with E-state index in [0.717, 1.165) is 5.92 Å². The third-order valence-electron chi connectivity index (χ3n) is 4.23. The molecule has 17 heavy (non-hydrogen) atoms. The molecule has 3 atom stereocenters. The highest BCUT2D eigenvalue weighted by atomic mass is 14.7. The van der Waals surface area contributed by atoms with Crippen molar-refractivity contribution in [2.45, 2.75) is 52.0 Å². The number of benzene rings is 1. The molecule has 0 aromatic heterocycles. The van der Waals surface area contributed by atoms with Crippen LogP contribution in [0.1, 0.15) is 63.1 Å². The van der Waals surface area contributed by atoms with Gasteiger partial charge in [0.15, 0.2) is 0 Å². The molecule has 0 saturated heterocycles. The highest BCUT2D eigenvalue weighted by Gasteiger charge is 2.27. The summed E-state index contributed by atoms with van der Waals surface area (Å²) in [5.41, 5.74) is 9.11. The van der Waals surface area contributed by atoms with Gasteiger partial charge in [-0.15, -0.1) is 0 Å². The third-order valence-corrected chi connectivity index (χ3v) is 4.23. The highest BCUT2D eigenvalue weighted by molar-refractivity contribution is 5.27. The second-order valence-electron chi connectivity index (χ2n) is 6.03. The molecule has 1 aromatic rings. The van der Waals surface area contributed by atoms with E-state index >= 15 is 0 Å². The lowest BCUT2D eigenvalue weighted by atomic mass is 9.90. The first kappa shape index (κ1) is 12.6. The van der Waals surface area contributed by atoms with Gasteiger partial charge in [0.2, 0.25) is 0 Å². The summed E-state index contributed by atoms with van der Waals surface area (Å²) in [4.78, 5) is 0. The Morgan fingerprint density at radius 1 is 1.06 bits per heavy atom. The van der Waals surface area contributed by atoms with Crippen LogP contribution in [0.25, 0.3) is 0 Å². The van der Waals surface area contributed by atoms with E-state index in [0.29, 0.717) is 11.8 Å². The molecule has 1 aromatic carbocycles. The van der Waals surface area contributed by atoms with Crippen LogP contribution in [-0.4, -0.2) is 0 Å². The molecule has 3 unspecified atom stereocenters. The van der Waals surface area contributed by atoms with Crippen molar-refractivity contribution in [3.8, 4) is 0 Å². The van der Waals surface area contributed by atoms with E-state index in [1.54, 1.807) is 0 Å². The van der Waals surface area contributed by atoms with E-state index in [1.807, 2.05) is 0 Å². The summed E-state index contributed by atoms with van der Waals surface area (Å²) in [5.74, 6) is 2.16. The molecular formula is C16H25N. The summed E-state index contributed by atoms with van der Waals surface area (Å²) in [5, 5.41) is 0. The fourth-order valence-corrected chi connectivity index (χ4v) is 2.95. The van der Waals surface area contributed by atoms with E-state index in [-0.39, 0.29) is 6.04 Å². The van der Waals surface area contributed by atoms with Gasteiger partial charge in [0.05, 0.1) is 0 Å². The summed E-state index contributed by atoms with van der Waals surface area (Å²) < 4.78 is 0. The number of hydrogen-bond acceptors (Lipinski definition) is 1. The van der Waals surface area contributed by atoms with E-state index < -0.39 is 0 Å². The smallest absolute Gasteiger partial charge is 0.0323 e. The van der Waals surface area contributed by atoms with Crippen molar-refractivity contribution in [1.29, 1.82) is 0 Å². The van der Waals surface area contributed by atoms with Crippen LogP contribution in [0.5, 0.6) is 0 Å². The van der Waals surface area contributed by atoms with Gasteiger partial charge in [0.25, 0.3) is 0 Å². The van der Waals surface area contributed by atoms with Crippen LogP contribution < -0.4 is 5.73 Å². The average molecular weight is 231 g/mol. The fraction of sp³-hybridized carbons (Fsp3) is 0.625. The molecule has 0 bridgehead atoms. The zero-order valence-electron chi connectivity index (χ0n) is 11.3. The van der Waals surface area contributed by atoms with Gasteiger partial charge in [-0.1, -0.05) is 51.5 Å². The molecule has 2 rings (SSSR count). The third kappa shape index (κ3) is 2.90. The van der Waals surface area contributed by atoms with Crippen molar-refractivity contribution < 1.29 is 0 Å². The van der Waals surface area contributed by atoms with Crippen molar-refractivity contribution in [2.75, 3.05) is 0 Å². The van der Waals surface area contributed by atoms with Crippen molar-refractivity contribution >= 4 is 0 Å². The van der Waals surface area contributed by atoms with Crippen molar-refractivity contribution in [1.82, 2.24) is 0 Å². The number of hydrogen-bond donors (Lipinski definition) is 1. The zero-order valence-corrected chi connectivity index (χ0v) is 11.3. The lowest BCUT2D eigenvalue weighted by molar-refractivity contribution is 0.428. The summed E-state index contributed by atoms with van der Waals surface area (Å²) in [7, 11) is 0. The molecule has 0 radical (unpaired) electrons. The predicted octanol–water partition coefficient (Wildman–Crippen LogP) is 4.25. The van der Waals surface area contributed by atoms with Crippen LogP contribution in [0.15, 0.2) is 24.3 Å². The Kier molecular flexibility index (Phi) is 3.88. The summed E-state index contributed by atoms with van der Waals surface area (Å²) in [6.07, 6.45) is 3.95. The Balaban J connectivity index is 2.06. The van der Waals surface area contributed by atoms with Crippen LogP contribution in [0.4, 0.5) is 0 Å². The highest BCUT2D eigenvalue weighted by Crippen LogP contribution is 2.37. The lowest BCUT2D eigenvalue weighted by Gasteiger charge is -2.20. The summed E-state index contributed by atoms with van der Waals surface area (Å²) in [6, 6.07) is 9.16. The van der Waals surface area contributed by atoms with Crippen LogP contribution in [0.3, 0.4) is 0 Å². The Labute approximate surface area is 105 Å². The van der Waals surface area contributed by atoms with Crippen LogP contribution in [-0.2, 0) is 0 Å². The summed E-state index contributed by atoms with van der Waals surface area (Å²) in [6.45, 7) is 6.80. The average Bonchev–Trinajstić information content (AvgIpc) is 2.75.